The lowest BCUT2D eigenvalue weighted by Gasteiger charge is -2.11. The second kappa shape index (κ2) is 3.05. The van der Waals surface area contributed by atoms with Gasteiger partial charge in [0, 0.05) is 13.1 Å². The number of allylic oxidation sites excluding steroid dienone is 2. The molecule has 0 radical (unpaired) electrons. The van der Waals surface area contributed by atoms with Gasteiger partial charge < -0.3 is 4.74 Å². The van der Waals surface area contributed by atoms with Gasteiger partial charge in [-0.25, -0.2) is 0 Å². The molecule has 0 bridgehead atoms. The normalized spacial score (nSPS) is 15.0. The molecule has 15 heavy (non-hydrogen) atoms. The first kappa shape index (κ1) is 9.64. The van der Waals surface area contributed by atoms with E-state index in [9.17, 15) is 9.59 Å². The van der Waals surface area contributed by atoms with E-state index in [4.69, 9.17) is 4.74 Å². The fourth-order valence-corrected chi connectivity index (χ4v) is 1.74. The van der Waals surface area contributed by atoms with E-state index in [0.717, 1.165) is 0 Å². The van der Waals surface area contributed by atoms with Crippen molar-refractivity contribution in [1.82, 2.24) is 9.78 Å². The maximum Gasteiger partial charge on any atom is 0.231 e. The number of Topliss-reactive ketones (excluding diaryl/α,β-unsaturated/α-hetero) is 1. The number of rotatable bonds is 1. The van der Waals surface area contributed by atoms with Crippen molar-refractivity contribution in [3.8, 4) is 0 Å². The molecule has 1 aromatic heterocycles. The van der Waals surface area contributed by atoms with E-state index in [1.54, 1.807) is 14.0 Å². The molecular weight excluding hydrogens is 196 g/mol. The first-order valence-electron chi connectivity index (χ1n) is 4.44. The second-order valence-corrected chi connectivity index (χ2v) is 3.34. The zero-order valence-corrected chi connectivity index (χ0v) is 8.70. The molecule has 0 amide bonds. The number of fused-ring (bicyclic) bond motifs is 1. The molecule has 0 spiro atoms. The highest BCUT2D eigenvalue weighted by Gasteiger charge is 2.31. The minimum Gasteiger partial charge on any atom is -0.492 e. The second-order valence-electron chi connectivity index (χ2n) is 3.34. The summed E-state index contributed by atoms with van der Waals surface area (Å²) in [5, 5.41) is 4.05. The molecule has 0 saturated carbocycles. The molecular formula is C10H10N2O3. The van der Waals surface area contributed by atoms with Crippen molar-refractivity contribution in [2.24, 2.45) is 7.05 Å². The average Bonchev–Trinajstić information content (AvgIpc) is 2.48. The van der Waals surface area contributed by atoms with E-state index in [1.165, 1.54) is 17.9 Å². The largest absolute Gasteiger partial charge is 0.492 e. The van der Waals surface area contributed by atoms with Gasteiger partial charge in [-0.2, -0.15) is 5.10 Å². The minimum absolute atomic E-state index is 0.0728. The topological polar surface area (TPSA) is 61.2 Å². The summed E-state index contributed by atoms with van der Waals surface area (Å²) in [7, 11) is 3.01. The molecule has 1 heterocycles. The number of carbonyl (C=O) groups is 2. The fraction of sp³-hybridized carbons (Fsp3) is 0.300. The number of hydrogen-bond donors (Lipinski definition) is 0. The van der Waals surface area contributed by atoms with Crippen LogP contribution in [-0.2, 0) is 11.8 Å². The van der Waals surface area contributed by atoms with Crippen LogP contribution in [0.3, 0.4) is 0 Å². The first-order chi connectivity index (χ1) is 7.06. The van der Waals surface area contributed by atoms with E-state index in [2.05, 4.69) is 5.10 Å². The zero-order chi connectivity index (χ0) is 11.2. The predicted octanol–water partition coefficient (Wildman–Crippen LogP) is 0.638. The van der Waals surface area contributed by atoms with Crippen molar-refractivity contribution in [2.75, 3.05) is 7.11 Å². The summed E-state index contributed by atoms with van der Waals surface area (Å²) in [5.74, 6) is -0.453. The summed E-state index contributed by atoms with van der Waals surface area (Å²) >= 11 is 0. The highest BCUT2D eigenvalue weighted by molar-refractivity contribution is 6.23. The Kier molecular flexibility index (Phi) is 1.96. The zero-order valence-electron chi connectivity index (χ0n) is 8.70. The van der Waals surface area contributed by atoms with Crippen LogP contribution in [0.2, 0.25) is 0 Å². The number of aromatic nitrogens is 2. The van der Waals surface area contributed by atoms with Gasteiger partial charge in [-0.3, -0.25) is 14.3 Å². The predicted molar refractivity (Wildman–Crippen MR) is 51.7 cm³/mol. The molecule has 1 aliphatic rings. The number of ketones is 2. The van der Waals surface area contributed by atoms with Crippen LogP contribution in [-0.4, -0.2) is 28.5 Å². The molecule has 2 rings (SSSR count). The highest BCUT2D eigenvalue weighted by Crippen LogP contribution is 2.23. The van der Waals surface area contributed by atoms with E-state index in [1.807, 2.05) is 0 Å². The molecule has 78 valence electrons. The minimum atomic E-state index is -0.280. The van der Waals surface area contributed by atoms with E-state index in [-0.39, 0.29) is 17.3 Å². The molecule has 1 aliphatic carbocycles. The SMILES string of the molecule is COC1=CC(=O)c2c(c(C)nn2C)C1=O. The summed E-state index contributed by atoms with van der Waals surface area (Å²) in [6.45, 7) is 1.70. The summed E-state index contributed by atoms with van der Waals surface area (Å²) in [6.07, 6.45) is 1.20. The summed E-state index contributed by atoms with van der Waals surface area (Å²) in [5.41, 5.74) is 1.23. The maximum absolute atomic E-state index is 11.8. The van der Waals surface area contributed by atoms with Gasteiger partial charge in [0.2, 0.25) is 11.6 Å². The molecule has 1 aromatic rings. The standard InChI is InChI=1S/C10H10N2O3/c1-5-8-9(12(2)11-5)6(13)4-7(15-3)10(8)14/h4H,1-3H3. The van der Waals surface area contributed by atoms with Crippen molar-refractivity contribution < 1.29 is 14.3 Å². The van der Waals surface area contributed by atoms with Crippen LogP contribution in [0.4, 0.5) is 0 Å². The maximum atomic E-state index is 11.8. The van der Waals surface area contributed by atoms with E-state index in [0.29, 0.717) is 17.0 Å². The summed E-state index contributed by atoms with van der Waals surface area (Å²) < 4.78 is 6.27. The van der Waals surface area contributed by atoms with Crippen LogP contribution in [0, 0.1) is 6.92 Å². The van der Waals surface area contributed by atoms with Crippen molar-refractivity contribution in [1.29, 1.82) is 0 Å². The molecule has 5 nitrogen and oxygen atoms in total. The Hall–Kier alpha value is -1.91. The van der Waals surface area contributed by atoms with Crippen LogP contribution in [0.15, 0.2) is 11.8 Å². The van der Waals surface area contributed by atoms with Gasteiger partial charge in [0.25, 0.3) is 0 Å². The molecule has 0 atom stereocenters. The summed E-state index contributed by atoms with van der Waals surface area (Å²) in [6, 6.07) is 0. The summed E-state index contributed by atoms with van der Waals surface area (Å²) in [4.78, 5) is 23.5. The Balaban J connectivity index is 2.69. The molecule has 0 aromatic carbocycles. The third kappa shape index (κ3) is 1.20. The van der Waals surface area contributed by atoms with Crippen LogP contribution >= 0.6 is 0 Å². The van der Waals surface area contributed by atoms with Crippen LogP contribution in [0.5, 0.6) is 0 Å². The van der Waals surface area contributed by atoms with Crippen molar-refractivity contribution in [3.05, 3.63) is 28.8 Å². The molecule has 0 unspecified atom stereocenters. The first-order valence-corrected chi connectivity index (χ1v) is 4.44. The smallest absolute Gasteiger partial charge is 0.231 e. The van der Waals surface area contributed by atoms with Gasteiger partial charge in [0.15, 0.2) is 5.76 Å². The monoisotopic (exact) mass is 206 g/mol. The van der Waals surface area contributed by atoms with Crippen LogP contribution < -0.4 is 0 Å². The Morgan fingerprint density at radius 3 is 2.67 bits per heavy atom. The van der Waals surface area contributed by atoms with E-state index < -0.39 is 0 Å². The third-order valence-electron chi connectivity index (χ3n) is 2.39. The molecule has 0 N–H and O–H groups in total. The number of aryl methyl sites for hydroxylation is 2. The van der Waals surface area contributed by atoms with Crippen LogP contribution in [0.25, 0.3) is 0 Å². The molecule has 0 saturated heterocycles. The Bertz CT molecular complexity index is 497. The van der Waals surface area contributed by atoms with Gasteiger partial charge in [-0.1, -0.05) is 0 Å². The highest BCUT2D eigenvalue weighted by atomic mass is 16.5. The van der Waals surface area contributed by atoms with Crippen LogP contribution in [0.1, 0.15) is 26.5 Å². The van der Waals surface area contributed by atoms with Gasteiger partial charge >= 0.3 is 0 Å². The number of methoxy groups -OCH3 is 1. The lowest BCUT2D eigenvalue weighted by molar-refractivity contribution is 0.0913. The Morgan fingerprint density at radius 2 is 2.07 bits per heavy atom. The lowest BCUT2D eigenvalue weighted by Crippen LogP contribution is -2.19. The number of nitrogens with zero attached hydrogens (tertiary/aromatic N) is 2. The fourth-order valence-electron chi connectivity index (χ4n) is 1.74. The van der Waals surface area contributed by atoms with Crippen molar-refractivity contribution in [3.63, 3.8) is 0 Å². The quantitative estimate of drug-likeness (QED) is 0.676. The Morgan fingerprint density at radius 1 is 1.40 bits per heavy atom. The Labute approximate surface area is 86.3 Å². The number of carbonyl (C=O) groups excluding carboxylic acids is 2. The average molecular weight is 206 g/mol. The number of hydrogen-bond acceptors (Lipinski definition) is 4. The lowest BCUT2D eigenvalue weighted by atomic mass is 9.98. The van der Waals surface area contributed by atoms with Crippen molar-refractivity contribution in [2.45, 2.75) is 6.92 Å². The third-order valence-corrected chi connectivity index (χ3v) is 2.39. The van der Waals surface area contributed by atoms with Gasteiger partial charge in [0.05, 0.1) is 18.4 Å². The van der Waals surface area contributed by atoms with Gasteiger partial charge in [0.1, 0.15) is 5.69 Å². The van der Waals surface area contributed by atoms with Gasteiger partial charge in [-0.05, 0) is 6.92 Å². The van der Waals surface area contributed by atoms with Crippen molar-refractivity contribution >= 4 is 11.6 Å². The molecule has 0 fully saturated rings. The number of ether oxygens (including phenoxy) is 1. The molecule has 0 aliphatic heterocycles. The molecule has 5 heteroatoms. The van der Waals surface area contributed by atoms with E-state index >= 15 is 0 Å². The van der Waals surface area contributed by atoms with Gasteiger partial charge in [-0.15, -0.1) is 0 Å².